The highest BCUT2D eigenvalue weighted by atomic mass is 127. The standard InChI is InChI=1S/C7H5ClINO2/c8-4-2-1-3-5(6(4)9)10-7(11)12/h1-3,10H,(H,11,12). The van der Waals surface area contributed by atoms with Gasteiger partial charge in [0.05, 0.1) is 14.3 Å². The largest absolute Gasteiger partial charge is 0.465 e. The maximum atomic E-state index is 10.3. The molecule has 1 rings (SSSR count). The first-order chi connectivity index (χ1) is 5.61. The molecule has 0 atom stereocenters. The van der Waals surface area contributed by atoms with Crippen molar-refractivity contribution in [2.75, 3.05) is 5.32 Å². The molecule has 0 bridgehead atoms. The summed E-state index contributed by atoms with van der Waals surface area (Å²) < 4.78 is 0.708. The zero-order chi connectivity index (χ0) is 9.14. The van der Waals surface area contributed by atoms with Crippen LogP contribution < -0.4 is 5.32 Å². The topological polar surface area (TPSA) is 49.3 Å². The summed E-state index contributed by atoms with van der Waals surface area (Å²) >= 11 is 7.74. The number of halogens is 2. The third-order valence-corrected chi connectivity index (χ3v) is 2.99. The Morgan fingerprint density at radius 3 is 2.83 bits per heavy atom. The van der Waals surface area contributed by atoms with E-state index < -0.39 is 6.09 Å². The van der Waals surface area contributed by atoms with Crippen molar-refractivity contribution in [3.63, 3.8) is 0 Å². The molecular formula is C7H5ClINO2. The number of hydrogen-bond acceptors (Lipinski definition) is 1. The van der Waals surface area contributed by atoms with E-state index in [0.717, 1.165) is 0 Å². The van der Waals surface area contributed by atoms with Gasteiger partial charge in [0, 0.05) is 0 Å². The Labute approximate surface area is 87.9 Å². The Morgan fingerprint density at radius 1 is 1.58 bits per heavy atom. The predicted octanol–water partition coefficient (Wildman–Crippen LogP) is 3.03. The minimum atomic E-state index is -1.09. The Balaban J connectivity index is 3.00. The molecule has 12 heavy (non-hydrogen) atoms. The van der Waals surface area contributed by atoms with Crippen molar-refractivity contribution in [1.82, 2.24) is 0 Å². The number of benzene rings is 1. The van der Waals surface area contributed by atoms with Gasteiger partial charge in [-0.25, -0.2) is 4.79 Å². The molecule has 0 heterocycles. The Morgan fingerprint density at radius 2 is 2.25 bits per heavy atom. The van der Waals surface area contributed by atoms with Gasteiger partial charge in [-0.05, 0) is 34.7 Å². The van der Waals surface area contributed by atoms with Crippen LogP contribution >= 0.6 is 34.2 Å². The highest BCUT2D eigenvalue weighted by Crippen LogP contribution is 2.25. The molecule has 0 fully saturated rings. The second-order valence-electron chi connectivity index (χ2n) is 2.03. The lowest BCUT2D eigenvalue weighted by Gasteiger charge is -2.03. The van der Waals surface area contributed by atoms with Crippen molar-refractivity contribution < 1.29 is 9.90 Å². The molecule has 3 nitrogen and oxygen atoms in total. The van der Waals surface area contributed by atoms with Crippen LogP contribution in [0.1, 0.15) is 0 Å². The fourth-order valence-electron chi connectivity index (χ4n) is 0.716. The van der Waals surface area contributed by atoms with Crippen molar-refractivity contribution in [2.24, 2.45) is 0 Å². The van der Waals surface area contributed by atoms with Gasteiger partial charge < -0.3 is 5.11 Å². The fraction of sp³-hybridized carbons (Fsp3) is 0. The molecule has 0 unspecified atom stereocenters. The van der Waals surface area contributed by atoms with Gasteiger partial charge in [0.2, 0.25) is 0 Å². The average molecular weight is 297 g/mol. The first-order valence-corrected chi connectivity index (χ1v) is 4.51. The van der Waals surface area contributed by atoms with Gasteiger partial charge >= 0.3 is 6.09 Å². The predicted molar refractivity (Wildman–Crippen MR) is 55.8 cm³/mol. The maximum Gasteiger partial charge on any atom is 0.409 e. The number of amides is 1. The van der Waals surface area contributed by atoms with E-state index in [-0.39, 0.29) is 0 Å². The molecule has 0 radical (unpaired) electrons. The smallest absolute Gasteiger partial charge is 0.409 e. The molecule has 2 N–H and O–H groups in total. The van der Waals surface area contributed by atoms with Crippen molar-refractivity contribution in [2.45, 2.75) is 0 Å². The zero-order valence-electron chi connectivity index (χ0n) is 5.84. The van der Waals surface area contributed by atoms with Crippen LogP contribution in [0.25, 0.3) is 0 Å². The summed E-state index contributed by atoms with van der Waals surface area (Å²) in [6.07, 6.45) is -1.09. The van der Waals surface area contributed by atoms with Crippen LogP contribution in [0.4, 0.5) is 10.5 Å². The van der Waals surface area contributed by atoms with Crippen LogP contribution in [0.5, 0.6) is 0 Å². The van der Waals surface area contributed by atoms with Gasteiger partial charge in [-0.1, -0.05) is 17.7 Å². The second kappa shape index (κ2) is 3.95. The molecule has 0 saturated heterocycles. The lowest BCUT2D eigenvalue weighted by molar-refractivity contribution is 0.209. The van der Waals surface area contributed by atoms with E-state index >= 15 is 0 Å². The molecular weight excluding hydrogens is 292 g/mol. The van der Waals surface area contributed by atoms with Crippen LogP contribution in [0, 0.1) is 3.57 Å². The van der Waals surface area contributed by atoms with Crippen LogP contribution in [0.3, 0.4) is 0 Å². The van der Waals surface area contributed by atoms with Gasteiger partial charge in [-0.3, -0.25) is 5.32 Å². The summed E-state index contributed by atoms with van der Waals surface area (Å²) in [7, 11) is 0. The van der Waals surface area contributed by atoms with Crippen LogP contribution in [-0.4, -0.2) is 11.2 Å². The number of carbonyl (C=O) groups is 1. The summed E-state index contributed by atoms with van der Waals surface area (Å²) in [5.74, 6) is 0. The van der Waals surface area contributed by atoms with Crippen LogP contribution in [0.2, 0.25) is 5.02 Å². The number of anilines is 1. The molecule has 5 heteroatoms. The Hall–Kier alpha value is -0.490. The van der Waals surface area contributed by atoms with Crippen molar-refractivity contribution in [3.8, 4) is 0 Å². The second-order valence-corrected chi connectivity index (χ2v) is 3.52. The first kappa shape index (κ1) is 9.60. The van der Waals surface area contributed by atoms with E-state index in [1.807, 2.05) is 22.6 Å². The average Bonchev–Trinajstić information content (AvgIpc) is 1.98. The minimum Gasteiger partial charge on any atom is -0.465 e. The van der Waals surface area contributed by atoms with E-state index in [1.54, 1.807) is 18.2 Å². The molecule has 0 aromatic heterocycles. The van der Waals surface area contributed by atoms with E-state index in [9.17, 15) is 4.79 Å². The summed E-state index contributed by atoms with van der Waals surface area (Å²) in [4.78, 5) is 10.3. The summed E-state index contributed by atoms with van der Waals surface area (Å²) in [5, 5.41) is 11.2. The zero-order valence-corrected chi connectivity index (χ0v) is 8.76. The summed E-state index contributed by atoms with van der Waals surface area (Å²) in [6.45, 7) is 0. The Bertz CT molecular complexity index is 316. The highest BCUT2D eigenvalue weighted by Gasteiger charge is 2.04. The molecule has 0 spiro atoms. The quantitative estimate of drug-likeness (QED) is 0.783. The lowest BCUT2D eigenvalue weighted by atomic mass is 10.3. The van der Waals surface area contributed by atoms with E-state index in [2.05, 4.69) is 5.32 Å². The van der Waals surface area contributed by atoms with Crippen molar-refractivity contribution in [3.05, 3.63) is 26.8 Å². The van der Waals surface area contributed by atoms with E-state index in [4.69, 9.17) is 16.7 Å². The summed E-state index contributed by atoms with van der Waals surface area (Å²) in [5.41, 5.74) is 0.510. The van der Waals surface area contributed by atoms with Gasteiger partial charge in [0.15, 0.2) is 0 Å². The molecule has 0 aliphatic carbocycles. The molecule has 1 amide bonds. The SMILES string of the molecule is O=C(O)Nc1cccc(Cl)c1I. The maximum absolute atomic E-state index is 10.3. The summed E-state index contributed by atoms with van der Waals surface area (Å²) in [6, 6.07) is 5.05. The number of hydrogen-bond donors (Lipinski definition) is 2. The number of rotatable bonds is 1. The van der Waals surface area contributed by atoms with Crippen LogP contribution in [-0.2, 0) is 0 Å². The lowest BCUT2D eigenvalue weighted by Crippen LogP contribution is -2.08. The normalized spacial score (nSPS) is 9.50. The van der Waals surface area contributed by atoms with Gasteiger partial charge in [0.25, 0.3) is 0 Å². The monoisotopic (exact) mass is 297 g/mol. The van der Waals surface area contributed by atoms with Gasteiger partial charge in [0.1, 0.15) is 0 Å². The van der Waals surface area contributed by atoms with E-state index in [0.29, 0.717) is 14.3 Å². The highest BCUT2D eigenvalue weighted by molar-refractivity contribution is 14.1. The van der Waals surface area contributed by atoms with Crippen molar-refractivity contribution >= 4 is 46.0 Å². The molecule has 64 valence electrons. The van der Waals surface area contributed by atoms with Gasteiger partial charge in [-0.15, -0.1) is 0 Å². The fourth-order valence-corrected chi connectivity index (χ4v) is 1.38. The van der Waals surface area contributed by atoms with Crippen molar-refractivity contribution in [1.29, 1.82) is 0 Å². The molecule has 1 aromatic carbocycles. The molecule has 0 saturated carbocycles. The minimum absolute atomic E-state index is 0.510. The van der Waals surface area contributed by atoms with Crippen LogP contribution in [0.15, 0.2) is 18.2 Å². The third kappa shape index (κ3) is 2.25. The van der Waals surface area contributed by atoms with E-state index in [1.165, 1.54) is 0 Å². The Kier molecular flexibility index (Phi) is 3.16. The first-order valence-electron chi connectivity index (χ1n) is 3.05. The number of carboxylic acid groups (broad SMARTS) is 1. The van der Waals surface area contributed by atoms with Gasteiger partial charge in [-0.2, -0.15) is 0 Å². The number of nitrogens with one attached hydrogen (secondary N) is 1. The molecule has 0 aliphatic rings. The third-order valence-electron chi connectivity index (χ3n) is 1.19. The molecule has 0 aliphatic heterocycles. The molecule has 1 aromatic rings.